The number of piperidine rings is 1. The molecule has 1 aromatic carbocycles. The SMILES string of the molecule is COc1ccc(OCC2CCCN(CS(=O)(=O)C3CCC(c4ccnc5cnc6[nH]ccc6c45)CC3)C2)cc1. The Labute approximate surface area is 229 Å². The number of hydrogen-bond donors (Lipinski definition) is 1. The fourth-order valence-electron chi connectivity index (χ4n) is 6.40. The van der Waals surface area contributed by atoms with Gasteiger partial charge in [0.05, 0.1) is 30.7 Å². The molecule has 1 aliphatic heterocycles. The van der Waals surface area contributed by atoms with Crippen LogP contribution in [0.4, 0.5) is 0 Å². The Kier molecular flexibility index (Phi) is 7.44. The van der Waals surface area contributed by atoms with E-state index in [9.17, 15) is 8.42 Å². The van der Waals surface area contributed by atoms with Crippen molar-refractivity contribution in [3.8, 4) is 11.5 Å². The fraction of sp³-hybridized carbons (Fsp3) is 0.467. The van der Waals surface area contributed by atoms with Gasteiger partial charge in [-0.15, -0.1) is 0 Å². The number of rotatable bonds is 8. The van der Waals surface area contributed by atoms with E-state index in [0.29, 0.717) is 31.3 Å². The lowest BCUT2D eigenvalue weighted by Crippen LogP contribution is -2.43. The van der Waals surface area contributed by atoms with E-state index in [-0.39, 0.29) is 11.1 Å². The van der Waals surface area contributed by atoms with Crippen LogP contribution in [-0.4, -0.2) is 66.2 Å². The van der Waals surface area contributed by atoms with E-state index in [2.05, 4.69) is 32.0 Å². The van der Waals surface area contributed by atoms with Gasteiger partial charge in [-0.05, 0) is 92.9 Å². The van der Waals surface area contributed by atoms with Gasteiger partial charge in [-0.25, -0.2) is 13.4 Å². The van der Waals surface area contributed by atoms with Crippen molar-refractivity contribution in [1.29, 1.82) is 0 Å². The van der Waals surface area contributed by atoms with Crippen molar-refractivity contribution in [2.24, 2.45) is 5.92 Å². The van der Waals surface area contributed by atoms with E-state index in [1.165, 1.54) is 5.56 Å². The van der Waals surface area contributed by atoms with Crippen LogP contribution in [-0.2, 0) is 9.84 Å². The molecule has 0 amide bonds. The summed E-state index contributed by atoms with van der Waals surface area (Å²) >= 11 is 0. The second-order valence-electron chi connectivity index (χ2n) is 11.0. The minimum Gasteiger partial charge on any atom is -0.497 e. The third kappa shape index (κ3) is 5.61. The normalized spacial score (nSPS) is 22.7. The van der Waals surface area contributed by atoms with Gasteiger partial charge in [0.25, 0.3) is 0 Å². The lowest BCUT2D eigenvalue weighted by Gasteiger charge is -2.35. The standard InChI is InChI=1S/C30H36N4O4S/c1-37-23-6-8-24(9-7-23)38-19-21-3-2-16-34(18-21)20-39(35,36)25-10-4-22(5-11-25)26-12-14-31-28-17-33-30-27(29(26)28)13-15-32-30/h6-9,12-15,17,21-22,25H,2-5,10-11,16,18-20H2,1H3,(H,32,33). The molecule has 0 spiro atoms. The van der Waals surface area contributed by atoms with Crippen LogP contribution in [0.2, 0.25) is 0 Å². The van der Waals surface area contributed by atoms with Crippen molar-refractivity contribution in [2.75, 3.05) is 32.7 Å². The van der Waals surface area contributed by atoms with Crippen molar-refractivity contribution in [3.05, 3.63) is 60.6 Å². The number of nitrogens with zero attached hydrogens (tertiary/aromatic N) is 3. The number of fused-ring (bicyclic) bond motifs is 3. The fourth-order valence-corrected chi connectivity index (χ4v) is 8.35. The molecule has 1 saturated carbocycles. The van der Waals surface area contributed by atoms with Gasteiger partial charge < -0.3 is 14.5 Å². The number of aromatic nitrogens is 3. The van der Waals surface area contributed by atoms with Crippen LogP contribution in [0.1, 0.15) is 50.0 Å². The van der Waals surface area contributed by atoms with Gasteiger partial charge in [0.2, 0.25) is 0 Å². The first-order valence-corrected chi connectivity index (χ1v) is 15.6. The first-order valence-electron chi connectivity index (χ1n) is 13.9. The predicted octanol–water partition coefficient (Wildman–Crippen LogP) is 5.31. The quantitative estimate of drug-likeness (QED) is 0.319. The number of pyridine rings is 2. The van der Waals surface area contributed by atoms with Crippen LogP contribution in [0, 0.1) is 5.92 Å². The summed E-state index contributed by atoms with van der Waals surface area (Å²) in [6.07, 6.45) is 10.8. The minimum absolute atomic E-state index is 0.148. The molecule has 6 rings (SSSR count). The van der Waals surface area contributed by atoms with E-state index in [4.69, 9.17) is 9.47 Å². The predicted molar refractivity (Wildman–Crippen MR) is 153 cm³/mol. The number of likely N-dealkylation sites (tertiary alicyclic amines) is 1. The van der Waals surface area contributed by atoms with Gasteiger partial charge >= 0.3 is 0 Å². The molecule has 1 atom stereocenters. The Morgan fingerprint density at radius 1 is 1.00 bits per heavy atom. The minimum atomic E-state index is -3.21. The summed E-state index contributed by atoms with van der Waals surface area (Å²) < 4.78 is 38.2. The topological polar surface area (TPSA) is 97.4 Å². The monoisotopic (exact) mass is 548 g/mol. The van der Waals surface area contributed by atoms with E-state index in [1.807, 2.05) is 42.9 Å². The number of sulfone groups is 1. The smallest absolute Gasteiger partial charge is 0.166 e. The van der Waals surface area contributed by atoms with Crippen LogP contribution >= 0.6 is 0 Å². The van der Waals surface area contributed by atoms with Gasteiger partial charge in [0.15, 0.2) is 9.84 Å². The number of benzene rings is 1. The number of nitrogens with one attached hydrogen (secondary N) is 1. The Morgan fingerprint density at radius 3 is 2.59 bits per heavy atom. The zero-order valence-corrected chi connectivity index (χ0v) is 23.2. The Bertz CT molecular complexity index is 1530. The van der Waals surface area contributed by atoms with Gasteiger partial charge in [-0.3, -0.25) is 9.88 Å². The molecule has 39 heavy (non-hydrogen) atoms. The van der Waals surface area contributed by atoms with Crippen molar-refractivity contribution >= 4 is 31.8 Å². The second kappa shape index (κ2) is 11.1. The van der Waals surface area contributed by atoms with Crippen LogP contribution in [0.25, 0.3) is 21.9 Å². The molecule has 4 heterocycles. The van der Waals surface area contributed by atoms with Crippen molar-refractivity contribution in [2.45, 2.75) is 49.7 Å². The summed E-state index contributed by atoms with van der Waals surface area (Å²) in [6.45, 7) is 2.18. The van der Waals surface area contributed by atoms with Crippen molar-refractivity contribution < 1.29 is 17.9 Å². The average molecular weight is 549 g/mol. The first-order chi connectivity index (χ1) is 19.0. The van der Waals surface area contributed by atoms with Gasteiger partial charge in [0.1, 0.15) is 23.0 Å². The van der Waals surface area contributed by atoms with Crippen LogP contribution in [0.15, 0.2) is 55.0 Å². The summed E-state index contributed by atoms with van der Waals surface area (Å²) in [5, 5.41) is 1.96. The van der Waals surface area contributed by atoms with E-state index in [1.54, 1.807) is 7.11 Å². The summed E-state index contributed by atoms with van der Waals surface area (Å²) in [4.78, 5) is 14.3. The molecule has 2 fully saturated rings. The summed E-state index contributed by atoms with van der Waals surface area (Å²) in [5.74, 6) is 2.42. The van der Waals surface area contributed by atoms with Gasteiger partial charge in [0, 0.05) is 35.6 Å². The highest BCUT2D eigenvalue weighted by Crippen LogP contribution is 2.40. The first kappa shape index (κ1) is 26.1. The maximum Gasteiger partial charge on any atom is 0.166 e. The maximum absolute atomic E-state index is 13.5. The molecule has 3 aromatic heterocycles. The number of ether oxygens (including phenoxy) is 2. The summed E-state index contributed by atoms with van der Waals surface area (Å²) in [5.41, 5.74) is 3.02. The van der Waals surface area contributed by atoms with Gasteiger partial charge in [-0.1, -0.05) is 0 Å². The molecule has 8 nitrogen and oxygen atoms in total. The van der Waals surface area contributed by atoms with E-state index < -0.39 is 9.84 Å². The molecule has 0 bridgehead atoms. The number of H-pyrrole nitrogens is 1. The molecule has 4 aromatic rings. The highest BCUT2D eigenvalue weighted by atomic mass is 32.2. The number of methoxy groups -OCH3 is 1. The molecule has 2 aliphatic rings. The second-order valence-corrected chi connectivity index (χ2v) is 13.2. The lowest BCUT2D eigenvalue weighted by atomic mass is 9.82. The highest BCUT2D eigenvalue weighted by Gasteiger charge is 2.34. The third-order valence-corrected chi connectivity index (χ3v) is 10.7. The Hall–Kier alpha value is -3.17. The Morgan fingerprint density at radius 2 is 1.79 bits per heavy atom. The highest BCUT2D eigenvalue weighted by molar-refractivity contribution is 7.91. The number of aromatic amines is 1. The molecular weight excluding hydrogens is 512 g/mol. The average Bonchev–Trinajstić information content (AvgIpc) is 3.46. The zero-order valence-electron chi connectivity index (χ0n) is 22.4. The van der Waals surface area contributed by atoms with Crippen LogP contribution < -0.4 is 9.47 Å². The van der Waals surface area contributed by atoms with Crippen LogP contribution in [0.5, 0.6) is 11.5 Å². The molecule has 1 unspecified atom stereocenters. The number of hydrogen-bond acceptors (Lipinski definition) is 7. The molecule has 9 heteroatoms. The molecule has 1 aliphatic carbocycles. The third-order valence-electron chi connectivity index (χ3n) is 8.46. The lowest BCUT2D eigenvalue weighted by molar-refractivity contribution is 0.144. The maximum atomic E-state index is 13.5. The molecule has 1 N–H and O–H groups in total. The summed E-state index contributed by atoms with van der Waals surface area (Å²) in [6, 6.07) is 11.8. The molecule has 206 valence electrons. The van der Waals surface area contributed by atoms with Crippen LogP contribution in [0.3, 0.4) is 0 Å². The van der Waals surface area contributed by atoms with Crippen molar-refractivity contribution in [3.63, 3.8) is 0 Å². The molecular formula is C30H36N4O4S. The Balaban J connectivity index is 1.06. The molecule has 1 saturated heterocycles. The van der Waals surface area contributed by atoms with Crippen molar-refractivity contribution in [1.82, 2.24) is 19.9 Å². The van der Waals surface area contributed by atoms with Gasteiger partial charge in [-0.2, -0.15) is 0 Å². The summed E-state index contributed by atoms with van der Waals surface area (Å²) in [7, 11) is -1.56. The molecule has 0 radical (unpaired) electrons. The largest absolute Gasteiger partial charge is 0.497 e. The zero-order chi connectivity index (χ0) is 26.8. The van der Waals surface area contributed by atoms with E-state index in [0.717, 1.165) is 72.2 Å². The van der Waals surface area contributed by atoms with E-state index >= 15 is 0 Å².